The monoisotopic (exact) mass is 224 g/mol. The Labute approximate surface area is 91.4 Å². The van der Waals surface area contributed by atoms with Crippen molar-refractivity contribution in [2.75, 3.05) is 13.1 Å². The van der Waals surface area contributed by atoms with Gasteiger partial charge in [-0.1, -0.05) is 0 Å². The number of hydrogen-bond donors (Lipinski definition) is 2. The van der Waals surface area contributed by atoms with Crippen molar-refractivity contribution in [3.05, 3.63) is 11.9 Å². The molecule has 1 amide bonds. The first-order valence-electron chi connectivity index (χ1n) is 5.06. The van der Waals surface area contributed by atoms with Crippen molar-refractivity contribution in [3.63, 3.8) is 0 Å². The summed E-state index contributed by atoms with van der Waals surface area (Å²) < 4.78 is 0. The first-order valence-corrected chi connectivity index (χ1v) is 5.06. The van der Waals surface area contributed by atoms with E-state index in [9.17, 15) is 9.59 Å². The lowest BCUT2D eigenvalue weighted by Gasteiger charge is -2.29. The van der Waals surface area contributed by atoms with Crippen LogP contribution in [0.2, 0.25) is 0 Å². The van der Waals surface area contributed by atoms with Gasteiger partial charge in [0, 0.05) is 13.1 Å². The lowest BCUT2D eigenvalue weighted by molar-refractivity contribution is -0.143. The topological polar surface area (TPSA) is 99.2 Å². The van der Waals surface area contributed by atoms with E-state index in [2.05, 4.69) is 15.4 Å². The Morgan fingerprint density at radius 1 is 1.56 bits per heavy atom. The zero-order valence-electron chi connectivity index (χ0n) is 8.59. The third-order valence-corrected chi connectivity index (χ3v) is 2.69. The molecule has 1 aliphatic rings. The summed E-state index contributed by atoms with van der Waals surface area (Å²) in [7, 11) is 0. The molecule has 0 aliphatic carbocycles. The highest BCUT2D eigenvalue weighted by Gasteiger charge is 2.29. The number of likely N-dealkylation sites (tertiary alicyclic amines) is 1. The van der Waals surface area contributed by atoms with Crippen LogP contribution in [0, 0.1) is 5.92 Å². The maximum Gasteiger partial charge on any atom is 0.308 e. The Hall–Kier alpha value is -1.92. The highest BCUT2D eigenvalue weighted by Crippen LogP contribution is 2.17. The van der Waals surface area contributed by atoms with Gasteiger partial charge in [0.05, 0.1) is 12.1 Å². The van der Waals surface area contributed by atoms with E-state index in [0.29, 0.717) is 19.4 Å². The highest BCUT2D eigenvalue weighted by molar-refractivity contribution is 5.92. The molecule has 7 heteroatoms. The minimum absolute atomic E-state index is 0.228. The number of nitrogens with zero attached hydrogens (tertiary/aromatic N) is 3. The maximum absolute atomic E-state index is 11.8. The number of nitrogens with one attached hydrogen (secondary N) is 1. The van der Waals surface area contributed by atoms with E-state index in [4.69, 9.17) is 5.11 Å². The summed E-state index contributed by atoms with van der Waals surface area (Å²) in [6.07, 6.45) is 2.67. The summed E-state index contributed by atoms with van der Waals surface area (Å²) in [4.78, 5) is 24.2. The molecule has 1 aromatic heterocycles. The zero-order valence-corrected chi connectivity index (χ0v) is 8.59. The molecule has 1 aromatic rings. The first-order chi connectivity index (χ1) is 7.68. The molecule has 1 saturated heterocycles. The van der Waals surface area contributed by atoms with E-state index in [1.165, 1.54) is 11.1 Å². The zero-order chi connectivity index (χ0) is 11.5. The van der Waals surface area contributed by atoms with Crippen molar-refractivity contribution in [2.45, 2.75) is 12.8 Å². The minimum Gasteiger partial charge on any atom is -0.481 e. The van der Waals surface area contributed by atoms with Crippen molar-refractivity contribution in [3.8, 4) is 0 Å². The normalized spacial score (nSPS) is 20.8. The van der Waals surface area contributed by atoms with Gasteiger partial charge in [0.2, 0.25) is 0 Å². The number of H-pyrrole nitrogens is 1. The van der Waals surface area contributed by atoms with Crippen LogP contribution in [0.25, 0.3) is 0 Å². The molecule has 1 fully saturated rings. The molecular formula is C9H12N4O3. The number of aliphatic carboxylic acids is 1. The van der Waals surface area contributed by atoms with Gasteiger partial charge >= 0.3 is 5.97 Å². The molecular weight excluding hydrogens is 212 g/mol. The largest absolute Gasteiger partial charge is 0.481 e. The van der Waals surface area contributed by atoms with Crippen LogP contribution in [0.3, 0.4) is 0 Å². The quantitative estimate of drug-likeness (QED) is 0.721. The fourth-order valence-corrected chi connectivity index (χ4v) is 1.83. The molecule has 0 spiro atoms. The van der Waals surface area contributed by atoms with Gasteiger partial charge in [-0.3, -0.25) is 9.59 Å². The molecule has 16 heavy (non-hydrogen) atoms. The van der Waals surface area contributed by atoms with Crippen LogP contribution in [-0.2, 0) is 4.79 Å². The van der Waals surface area contributed by atoms with Gasteiger partial charge in [-0.25, -0.2) is 0 Å². The molecule has 1 atom stereocenters. The van der Waals surface area contributed by atoms with Crippen molar-refractivity contribution >= 4 is 11.9 Å². The Balaban J connectivity index is 2.05. The number of aromatic amines is 1. The van der Waals surface area contributed by atoms with E-state index in [1.54, 1.807) is 0 Å². The average Bonchev–Trinajstić information content (AvgIpc) is 2.81. The van der Waals surface area contributed by atoms with Gasteiger partial charge < -0.3 is 10.0 Å². The predicted molar refractivity (Wildman–Crippen MR) is 52.6 cm³/mol. The number of hydrogen-bond acceptors (Lipinski definition) is 4. The molecule has 1 aliphatic heterocycles. The van der Waals surface area contributed by atoms with Gasteiger partial charge in [0.15, 0.2) is 5.69 Å². The standard InChI is InChI=1S/C9H12N4O3/c14-8(7-4-10-12-11-7)13-3-1-2-6(5-13)9(15)16/h4,6H,1-3,5H2,(H,15,16)(H,10,11,12). The van der Waals surface area contributed by atoms with Crippen LogP contribution in [0.4, 0.5) is 0 Å². The van der Waals surface area contributed by atoms with Crippen LogP contribution in [0.1, 0.15) is 23.3 Å². The molecule has 2 heterocycles. The lowest BCUT2D eigenvalue weighted by atomic mass is 9.98. The summed E-state index contributed by atoms with van der Waals surface area (Å²) >= 11 is 0. The molecule has 7 nitrogen and oxygen atoms in total. The molecule has 1 unspecified atom stereocenters. The van der Waals surface area contributed by atoms with Gasteiger partial charge in [-0.2, -0.15) is 15.4 Å². The SMILES string of the molecule is O=C(O)C1CCCN(C(=O)c2cn[nH]n2)C1. The van der Waals surface area contributed by atoms with Crippen LogP contribution in [-0.4, -0.2) is 50.4 Å². The number of carbonyl (C=O) groups excluding carboxylic acids is 1. The highest BCUT2D eigenvalue weighted by atomic mass is 16.4. The van der Waals surface area contributed by atoms with E-state index in [1.807, 2.05) is 0 Å². The molecule has 0 aromatic carbocycles. The molecule has 2 rings (SSSR count). The lowest BCUT2D eigenvalue weighted by Crippen LogP contribution is -2.42. The van der Waals surface area contributed by atoms with Crippen LogP contribution < -0.4 is 0 Å². The Kier molecular flexibility index (Phi) is 2.84. The van der Waals surface area contributed by atoms with Gasteiger partial charge in [-0.05, 0) is 12.8 Å². The summed E-state index contributed by atoms with van der Waals surface area (Å²) in [5, 5.41) is 18.5. The average molecular weight is 224 g/mol. The number of aromatic nitrogens is 3. The molecule has 0 bridgehead atoms. The second kappa shape index (κ2) is 4.30. The van der Waals surface area contributed by atoms with E-state index >= 15 is 0 Å². The van der Waals surface area contributed by atoms with E-state index in [-0.39, 0.29) is 18.1 Å². The predicted octanol–water partition coefficient (Wildman–Crippen LogP) is -0.259. The summed E-state index contributed by atoms with van der Waals surface area (Å²) in [6, 6.07) is 0. The van der Waals surface area contributed by atoms with Gasteiger partial charge in [0.25, 0.3) is 5.91 Å². The maximum atomic E-state index is 11.8. The number of rotatable bonds is 2. The fourth-order valence-electron chi connectivity index (χ4n) is 1.83. The van der Waals surface area contributed by atoms with E-state index in [0.717, 1.165) is 0 Å². The second-order valence-electron chi connectivity index (χ2n) is 3.78. The van der Waals surface area contributed by atoms with Gasteiger partial charge in [0.1, 0.15) is 0 Å². The third kappa shape index (κ3) is 2.02. The number of carboxylic acid groups (broad SMARTS) is 1. The van der Waals surface area contributed by atoms with Crippen LogP contribution >= 0.6 is 0 Å². The molecule has 0 radical (unpaired) electrons. The first kappa shape index (κ1) is 10.6. The summed E-state index contributed by atoms with van der Waals surface area (Å²) in [5.74, 6) is -1.58. The van der Waals surface area contributed by atoms with Crippen molar-refractivity contribution < 1.29 is 14.7 Å². The van der Waals surface area contributed by atoms with Crippen LogP contribution in [0.15, 0.2) is 6.20 Å². The number of carboxylic acids is 1. The Morgan fingerprint density at radius 3 is 3.00 bits per heavy atom. The fraction of sp³-hybridized carbons (Fsp3) is 0.556. The Morgan fingerprint density at radius 2 is 2.38 bits per heavy atom. The Bertz CT molecular complexity index is 389. The van der Waals surface area contributed by atoms with E-state index < -0.39 is 11.9 Å². The minimum atomic E-state index is -0.849. The van der Waals surface area contributed by atoms with Crippen molar-refractivity contribution in [2.24, 2.45) is 5.92 Å². The van der Waals surface area contributed by atoms with Crippen LogP contribution in [0.5, 0.6) is 0 Å². The number of amides is 1. The molecule has 0 saturated carbocycles. The second-order valence-corrected chi connectivity index (χ2v) is 3.78. The van der Waals surface area contributed by atoms with Crippen molar-refractivity contribution in [1.29, 1.82) is 0 Å². The smallest absolute Gasteiger partial charge is 0.308 e. The third-order valence-electron chi connectivity index (χ3n) is 2.69. The number of carbonyl (C=O) groups is 2. The summed E-state index contributed by atoms with van der Waals surface area (Å²) in [5.41, 5.74) is 0.228. The summed E-state index contributed by atoms with van der Waals surface area (Å²) in [6.45, 7) is 0.830. The number of piperidine rings is 1. The molecule has 2 N–H and O–H groups in total. The molecule has 86 valence electrons. The van der Waals surface area contributed by atoms with Crippen molar-refractivity contribution in [1.82, 2.24) is 20.3 Å². The van der Waals surface area contributed by atoms with Gasteiger partial charge in [-0.15, -0.1) is 0 Å².